The molecule has 0 N–H and O–H groups in total. The van der Waals surface area contributed by atoms with Crippen molar-refractivity contribution in [1.82, 2.24) is 0 Å². The van der Waals surface area contributed by atoms with Crippen molar-refractivity contribution < 1.29 is 4.79 Å². The molecule has 3 heteroatoms. The van der Waals surface area contributed by atoms with Crippen LogP contribution in [0.3, 0.4) is 0 Å². The van der Waals surface area contributed by atoms with Gasteiger partial charge in [0.1, 0.15) is 5.78 Å². The minimum absolute atomic E-state index is 0.286. The maximum atomic E-state index is 11.8. The van der Waals surface area contributed by atoms with Gasteiger partial charge < -0.3 is 0 Å². The zero-order valence-electron chi connectivity index (χ0n) is 9.01. The van der Waals surface area contributed by atoms with E-state index in [9.17, 15) is 4.79 Å². The van der Waals surface area contributed by atoms with Gasteiger partial charge in [-0.25, -0.2) is 0 Å². The number of hydrogen-bond donors (Lipinski definition) is 0. The van der Waals surface area contributed by atoms with Crippen LogP contribution in [0.1, 0.15) is 31.2 Å². The summed E-state index contributed by atoms with van der Waals surface area (Å²) in [5.74, 6) is 0.910. The summed E-state index contributed by atoms with van der Waals surface area (Å²) in [6, 6.07) is 5.30. The van der Waals surface area contributed by atoms with E-state index < -0.39 is 0 Å². The van der Waals surface area contributed by atoms with E-state index in [0.29, 0.717) is 28.8 Å². The van der Waals surface area contributed by atoms with Gasteiger partial charge in [0.2, 0.25) is 0 Å². The molecule has 1 nitrogen and oxygen atoms in total. The normalized spacial score (nSPS) is 15.9. The first-order valence-corrected chi connectivity index (χ1v) is 6.36. The van der Waals surface area contributed by atoms with Crippen molar-refractivity contribution in [3.05, 3.63) is 33.8 Å². The van der Waals surface area contributed by atoms with Crippen LogP contribution in [0.2, 0.25) is 10.0 Å². The molecule has 16 heavy (non-hydrogen) atoms. The molecule has 0 unspecified atom stereocenters. The Morgan fingerprint density at radius 1 is 1.31 bits per heavy atom. The van der Waals surface area contributed by atoms with Gasteiger partial charge in [-0.15, -0.1) is 0 Å². The lowest BCUT2D eigenvalue weighted by Crippen LogP contribution is -2.17. The number of carbonyl (C=O) groups is 1. The number of Topliss-reactive ketones (excluding diaryl/α,β-unsaturated/α-hetero) is 1. The Morgan fingerprint density at radius 3 is 2.62 bits per heavy atom. The summed E-state index contributed by atoms with van der Waals surface area (Å²) in [6.07, 6.45) is 4.84. The lowest BCUT2D eigenvalue weighted by molar-refractivity contribution is -0.119. The Labute approximate surface area is 106 Å². The fourth-order valence-corrected chi connectivity index (χ4v) is 2.44. The molecule has 1 fully saturated rings. The van der Waals surface area contributed by atoms with E-state index in [1.54, 1.807) is 12.1 Å². The molecule has 0 heterocycles. The Balaban J connectivity index is 1.94. The fourth-order valence-electron chi connectivity index (χ4n) is 1.97. The average molecular weight is 257 g/mol. The van der Waals surface area contributed by atoms with Crippen LogP contribution in [0.25, 0.3) is 0 Å². The summed E-state index contributed by atoms with van der Waals surface area (Å²) in [5.41, 5.74) is 0.885. The number of rotatable bonds is 4. The molecule has 1 aliphatic rings. The highest BCUT2D eigenvalue weighted by atomic mass is 35.5. The van der Waals surface area contributed by atoms with Gasteiger partial charge in [-0.1, -0.05) is 48.5 Å². The van der Waals surface area contributed by atoms with E-state index in [1.165, 1.54) is 19.3 Å². The van der Waals surface area contributed by atoms with Crippen LogP contribution >= 0.6 is 23.2 Å². The number of halogens is 2. The zero-order chi connectivity index (χ0) is 11.5. The number of carbonyl (C=O) groups excluding carboxylic acids is 1. The zero-order valence-corrected chi connectivity index (χ0v) is 10.5. The van der Waals surface area contributed by atoms with E-state index in [-0.39, 0.29) is 5.78 Å². The molecule has 1 aliphatic carbocycles. The maximum absolute atomic E-state index is 11.8. The first-order chi connectivity index (χ1) is 7.65. The smallest absolute Gasteiger partial charge is 0.137 e. The molecule has 2 rings (SSSR count). The highest BCUT2D eigenvalue weighted by molar-refractivity contribution is 6.35. The molecule has 0 bridgehead atoms. The van der Waals surface area contributed by atoms with Gasteiger partial charge in [0.15, 0.2) is 0 Å². The average Bonchev–Trinajstić information content (AvgIpc) is 2.16. The predicted molar refractivity (Wildman–Crippen MR) is 67.1 cm³/mol. The summed E-state index contributed by atoms with van der Waals surface area (Å²) >= 11 is 11.8. The third kappa shape index (κ3) is 2.99. The van der Waals surface area contributed by atoms with Crippen molar-refractivity contribution in [3.63, 3.8) is 0 Å². The van der Waals surface area contributed by atoms with Gasteiger partial charge in [0, 0.05) is 22.9 Å². The SMILES string of the molecule is O=C(Cc1ccc(Cl)cc1Cl)CC1CCC1. The van der Waals surface area contributed by atoms with Crippen LogP contribution in [0.4, 0.5) is 0 Å². The molecule has 0 radical (unpaired) electrons. The topological polar surface area (TPSA) is 17.1 Å². The van der Waals surface area contributed by atoms with Crippen molar-refractivity contribution in [2.75, 3.05) is 0 Å². The fraction of sp³-hybridized carbons (Fsp3) is 0.462. The van der Waals surface area contributed by atoms with Crippen molar-refractivity contribution in [2.24, 2.45) is 5.92 Å². The Kier molecular flexibility index (Phi) is 3.88. The van der Waals surface area contributed by atoms with Gasteiger partial charge in [0.25, 0.3) is 0 Å². The highest BCUT2D eigenvalue weighted by Gasteiger charge is 2.20. The van der Waals surface area contributed by atoms with Gasteiger partial charge in [-0.3, -0.25) is 4.79 Å². The Bertz CT molecular complexity index is 397. The van der Waals surface area contributed by atoms with Gasteiger partial charge in [-0.2, -0.15) is 0 Å². The van der Waals surface area contributed by atoms with Crippen molar-refractivity contribution in [3.8, 4) is 0 Å². The van der Waals surface area contributed by atoms with Crippen LogP contribution in [-0.4, -0.2) is 5.78 Å². The lowest BCUT2D eigenvalue weighted by atomic mass is 9.81. The molecule has 0 spiro atoms. The Hall–Kier alpha value is -0.530. The van der Waals surface area contributed by atoms with Gasteiger partial charge in [0.05, 0.1) is 0 Å². The molecule has 0 atom stereocenters. The summed E-state index contributed by atoms with van der Waals surface area (Å²) in [5, 5.41) is 1.20. The second-order valence-corrected chi connectivity index (χ2v) is 5.30. The van der Waals surface area contributed by atoms with Crippen molar-refractivity contribution in [2.45, 2.75) is 32.1 Å². The van der Waals surface area contributed by atoms with E-state index in [0.717, 1.165) is 5.56 Å². The number of ketones is 1. The van der Waals surface area contributed by atoms with E-state index in [4.69, 9.17) is 23.2 Å². The van der Waals surface area contributed by atoms with E-state index in [1.807, 2.05) is 6.07 Å². The molecular formula is C13H14Cl2O. The van der Waals surface area contributed by atoms with Crippen molar-refractivity contribution in [1.29, 1.82) is 0 Å². The molecule has 0 saturated heterocycles. The monoisotopic (exact) mass is 256 g/mol. The summed E-state index contributed by atoms with van der Waals surface area (Å²) in [7, 11) is 0. The van der Waals surface area contributed by atoms with Crippen LogP contribution in [-0.2, 0) is 11.2 Å². The predicted octanol–water partition coefficient (Wildman–Crippen LogP) is 4.30. The highest BCUT2D eigenvalue weighted by Crippen LogP contribution is 2.30. The quantitative estimate of drug-likeness (QED) is 0.786. The van der Waals surface area contributed by atoms with Gasteiger partial charge in [-0.05, 0) is 23.6 Å². The van der Waals surface area contributed by atoms with E-state index in [2.05, 4.69) is 0 Å². The molecule has 1 saturated carbocycles. The minimum atomic E-state index is 0.286. The summed E-state index contributed by atoms with van der Waals surface area (Å²) in [4.78, 5) is 11.8. The summed E-state index contributed by atoms with van der Waals surface area (Å²) < 4.78 is 0. The summed E-state index contributed by atoms with van der Waals surface area (Å²) in [6.45, 7) is 0. The second kappa shape index (κ2) is 5.20. The third-order valence-corrected chi connectivity index (χ3v) is 3.73. The second-order valence-electron chi connectivity index (χ2n) is 4.45. The van der Waals surface area contributed by atoms with Crippen LogP contribution < -0.4 is 0 Å². The first kappa shape index (κ1) is 11.9. The standard InChI is InChI=1S/C13H14Cl2O/c14-11-5-4-10(13(15)8-11)7-12(16)6-9-2-1-3-9/h4-5,8-9H,1-3,6-7H2. The van der Waals surface area contributed by atoms with Crippen LogP contribution in [0, 0.1) is 5.92 Å². The maximum Gasteiger partial charge on any atom is 0.137 e. The number of hydrogen-bond acceptors (Lipinski definition) is 1. The molecular weight excluding hydrogens is 243 g/mol. The van der Waals surface area contributed by atoms with Crippen LogP contribution in [0.5, 0.6) is 0 Å². The molecule has 86 valence electrons. The molecule has 1 aromatic rings. The first-order valence-electron chi connectivity index (χ1n) is 5.61. The van der Waals surface area contributed by atoms with Crippen molar-refractivity contribution >= 4 is 29.0 Å². The molecule has 1 aromatic carbocycles. The van der Waals surface area contributed by atoms with Gasteiger partial charge >= 0.3 is 0 Å². The third-order valence-electron chi connectivity index (χ3n) is 3.14. The number of benzene rings is 1. The lowest BCUT2D eigenvalue weighted by Gasteiger charge is -2.24. The molecule has 0 aliphatic heterocycles. The Morgan fingerprint density at radius 2 is 2.06 bits per heavy atom. The molecule has 0 amide bonds. The molecule has 0 aromatic heterocycles. The van der Waals surface area contributed by atoms with Crippen LogP contribution in [0.15, 0.2) is 18.2 Å². The largest absolute Gasteiger partial charge is 0.299 e. The van der Waals surface area contributed by atoms with E-state index >= 15 is 0 Å². The minimum Gasteiger partial charge on any atom is -0.299 e.